The van der Waals surface area contributed by atoms with Gasteiger partial charge in [-0.25, -0.2) is 0 Å². The molecule has 7 heteroatoms. The maximum Gasteiger partial charge on any atom is 0.235 e. The number of carbonyl (C=O) groups excluding carboxylic acids is 3. The lowest BCUT2D eigenvalue weighted by Gasteiger charge is -2.54. The van der Waals surface area contributed by atoms with Gasteiger partial charge in [0.05, 0.1) is 11.8 Å². The topological polar surface area (TPSA) is 66.5 Å². The summed E-state index contributed by atoms with van der Waals surface area (Å²) in [5.41, 5.74) is 6.43. The Labute approximate surface area is 251 Å². The predicted molar refractivity (Wildman–Crippen MR) is 162 cm³/mol. The molecule has 212 valence electrons. The number of aryl methyl sites for hydroxylation is 2. The van der Waals surface area contributed by atoms with Gasteiger partial charge in [0, 0.05) is 18.7 Å². The lowest BCUT2D eigenvalue weighted by molar-refractivity contribution is -0.140. The second-order valence-electron chi connectivity index (χ2n) is 11.3. The van der Waals surface area contributed by atoms with Crippen molar-refractivity contribution >= 4 is 46.6 Å². The SMILES string of the molecule is CCc1cccc(CC)c1NC(=O)CCCCCN1C(=O)[C@H]2[C@H](C1=O)C1(Cl)c3ccccc3C2(Cl)c2ccccc21. The summed E-state index contributed by atoms with van der Waals surface area (Å²) >= 11 is 14.9. The number of nitrogens with one attached hydrogen (secondary N) is 1. The number of hydrogen-bond acceptors (Lipinski definition) is 3. The largest absolute Gasteiger partial charge is 0.326 e. The van der Waals surface area contributed by atoms with Gasteiger partial charge >= 0.3 is 0 Å². The van der Waals surface area contributed by atoms with Crippen LogP contribution in [0.15, 0.2) is 66.7 Å². The highest BCUT2D eigenvalue weighted by Gasteiger charge is 2.72. The Bertz CT molecular complexity index is 1410. The highest BCUT2D eigenvalue weighted by atomic mass is 35.5. The van der Waals surface area contributed by atoms with Crippen molar-refractivity contribution in [2.75, 3.05) is 11.9 Å². The molecule has 4 aliphatic rings. The molecule has 7 rings (SSSR count). The van der Waals surface area contributed by atoms with Crippen LogP contribution < -0.4 is 5.32 Å². The van der Waals surface area contributed by atoms with Gasteiger partial charge in [0.1, 0.15) is 9.75 Å². The van der Waals surface area contributed by atoms with Crippen molar-refractivity contribution in [2.45, 2.75) is 62.1 Å². The first kappa shape index (κ1) is 28.0. The van der Waals surface area contributed by atoms with Crippen LogP contribution in [0.3, 0.4) is 0 Å². The lowest BCUT2D eigenvalue weighted by atomic mass is 9.54. The molecule has 0 saturated carbocycles. The fraction of sp³-hybridized carbons (Fsp3) is 0.382. The molecule has 1 fully saturated rings. The first-order valence-electron chi connectivity index (χ1n) is 14.6. The number of amides is 3. The monoisotopic (exact) mass is 588 g/mol. The summed E-state index contributed by atoms with van der Waals surface area (Å²) in [6.45, 7) is 4.46. The molecule has 0 radical (unpaired) electrons. The van der Waals surface area contributed by atoms with Crippen molar-refractivity contribution in [3.05, 3.63) is 100 Å². The van der Waals surface area contributed by atoms with Crippen LogP contribution in [0.4, 0.5) is 5.69 Å². The molecule has 1 aliphatic heterocycles. The maximum absolute atomic E-state index is 13.9. The fourth-order valence-electron chi connectivity index (χ4n) is 7.28. The minimum absolute atomic E-state index is 0.0137. The molecule has 3 aromatic rings. The molecule has 5 nitrogen and oxygen atoms in total. The Kier molecular flexibility index (Phi) is 7.24. The van der Waals surface area contributed by atoms with Crippen LogP contribution in [0, 0.1) is 11.8 Å². The van der Waals surface area contributed by atoms with Crippen molar-refractivity contribution in [1.82, 2.24) is 4.90 Å². The number of rotatable bonds is 9. The second kappa shape index (κ2) is 10.6. The predicted octanol–water partition coefficient (Wildman–Crippen LogP) is 6.90. The molecule has 0 aromatic heterocycles. The third kappa shape index (κ3) is 4.07. The van der Waals surface area contributed by atoms with E-state index in [2.05, 4.69) is 31.3 Å². The van der Waals surface area contributed by atoms with Gasteiger partial charge in [-0.05, 0) is 59.1 Å². The molecule has 1 N–H and O–H groups in total. The van der Waals surface area contributed by atoms with Gasteiger partial charge in [0.15, 0.2) is 0 Å². The van der Waals surface area contributed by atoms with Crippen LogP contribution >= 0.6 is 23.2 Å². The van der Waals surface area contributed by atoms with E-state index in [1.54, 1.807) is 0 Å². The van der Waals surface area contributed by atoms with E-state index in [0.29, 0.717) is 25.7 Å². The number of imide groups is 1. The Hall–Kier alpha value is -3.15. The summed E-state index contributed by atoms with van der Waals surface area (Å²) in [4.78, 5) is 39.6. The third-order valence-corrected chi connectivity index (χ3v) is 10.5. The van der Waals surface area contributed by atoms with Crippen LogP contribution in [-0.2, 0) is 37.0 Å². The minimum Gasteiger partial charge on any atom is -0.326 e. The van der Waals surface area contributed by atoms with Gasteiger partial charge < -0.3 is 5.32 Å². The van der Waals surface area contributed by atoms with Crippen LogP contribution in [0.1, 0.15) is 72.9 Å². The molecule has 1 saturated heterocycles. The summed E-state index contributed by atoms with van der Waals surface area (Å²) < 4.78 is 0. The fourth-order valence-corrected chi connectivity index (χ4v) is 8.38. The maximum atomic E-state index is 13.9. The van der Waals surface area contributed by atoms with E-state index in [0.717, 1.165) is 51.9 Å². The van der Waals surface area contributed by atoms with E-state index in [1.165, 1.54) is 4.90 Å². The molecular weight excluding hydrogens is 555 g/mol. The highest BCUT2D eigenvalue weighted by Crippen LogP contribution is 2.69. The number of halogens is 2. The van der Waals surface area contributed by atoms with Crippen LogP contribution in [0.5, 0.6) is 0 Å². The lowest BCUT2D eigenvalue weighted by Crippen LogP contribution is -2.57. The van der Waals surface area contributed by atoms with E-state index >= 15 is 0 Å². The van der Waals surface area contributed by atoms with E-state index in [4.69, 9.17) is 23.2 Å². The number of unbranched alkanes of at least 4 members (excludes halogenated alkanes) is 2. The van der Waals surface area contributed by atoms with Gasteiger partial charge in [0.2, 0.25) is 17.7 Å². The van der Waals surface area contributed by atoms with Crippen molar-refractivity contribution in [1.29, 1.82) is 0 Å². The summed E-state index contributed by atoms with van der Waals surface area (Å²) in [7, 11) is 0. The van der Waals surface area contributed by atoms with Gasteiger partial charge in [-0.15, -0.1) is 23.2 Å². The summed E-state index contributed by atoms with van der Waals surface area (Å²) in [6.07, 6.45) is 4.09. The van der Waals surface area contributed by atoms with Gasteiger partial charge in [-0.1, -0.05) is 87.0 Å². The number of benzene rings is 3. The zero-order valence-electron chi connectivity index (χ0n) is 23.4. The van der Waals surface area contributed by atoms with E-state index in [9.17, 15) is 14.4 Å². The van der Waals surface area contributed by atoms with Crippen molar-refractivity contribution in [3.63, 3.8) is 0 Å². The average molecular weight is 590 g/mol. The normalized spacial score (nSPS) is 25.6. The molecule has 3 aromatic carbocycles. The Morgan fingerprint density at radius 1 is 0.732 bits per heavy atom. The summed E-state index contributed by atoms with van der Waals surface area (Å²) in [5, 5.41) is 3.12. The van der Waals surface area contributed by atoms with Gasteiger partial charge in [-0.2, -0.15) is 0 Å². The van der Waals surface area contributed by atoms with Crippen molar-refractivity contribution in [3.8, 4) is 0 Å². The third-order valence-electron chi connectivity index (χ3n) is 9.23. The van der Waals surface area contributed by atoms with Gasteiger partial charge in [0.25, 0.3) is 0 Å². The quantitative estimate of drug-likeness (QED) is 0.168. The summed E-state index contributed by atoms with van der Waals surface area (Å²) in [5.74, 6) is -2.07. The van der Waals surface area contributed by atoms with E-state index in [1.807, 2.05) is 54.6 Å². The van der Waals surface area contributed by atoms with E-state index in [-0.39, 0.29) is 24.3 Å². The Morgan fingerprint density at radius 3 is 1.63 bits per heavy atom. The molecule has 2 atom stereocenters. The van der Waals surface area contributed by atoms with Crippen LogP contribution in [-0.4, -0.2) is 29.2 Å². The van der Waals surface area contributed by atoms with Crippen LogP contribution in [0.25, 0.3) is 0 Å². The first-order valence-corrected chi connectivity index (χ1v) is 15.4. The number of hydrogen-bond donors (Lipinski definition) is 1. The molecule has 3 amide bonds. The van der Waals surface area contributed by atoms with Gasteiger partial charge in [-0.3, -0.25) is 19.3 Å². The number of nitrogens with zero attached hydrogens (tertiary/aromatic N) is 1. The standard InChI is InChI=1S/C34H34Cl2N2O3/c1-3-21-13-12-14-22(4-2)30(21)37-27(39)19-6-5-11-20-38-31(40)28-29(32(38)41)34(36)24-16-8-7-15-23(24)33(28,35)25-17-9-10-18-26(25)34/h7-10,12-18,28-29H,3-6,11,19-20H2,1-2H3,(H,37,39)/t28-,29-,33?,34?/m1/s1. The number of para-hydroxylation sites is 1. The molecule has 1 heterocycles. The molecule has 2 bridgehead atoms. The van der Waals surface area contributed by atoms with Crippen molar-refractivity contribution < 1.29 is 14.4 Å². The molecule has 0 spiro atoms. The zero-order chi connectivity index (χ0) is 28.9. The Balaban J connectivity index is 1.14. The highest BCUT2D eigenvalue weighted by molar-refractivity contribution is 6.36. The molecule has 41 heavy (non-hydrogen) atoms. The molecule has 3 aliphatic carbocycles. The second-order valence-corrected chi connectivity index (χ2v) is 12.5. The number of alkyl halides is 2. The average Bonchev–Trinajstić information content (AvgIpc) is 3.26. The zero-order valence-corrected chi connectivity index (χ0v) is 24.9. The van der Waals surface area contributed by atoms with E-state index < -0.39 is 21.6 Å². The minimum atomic E-state index is -1.15. The first-order chi connectivity index (χ1) is 19.8. The molecular formula is C34H34Cl2N2O3. The number of likely N-dealkylation sites (tertiary alicyclic amines) is 1. The smallest absolute Gasteiger partial charge is 0.235 e. The van der Waals surface area contributed by atoms with Crippen LogP contribution in [0.2, 0.25) is 0 Å². The Morgan fingerprint density at radius 2 is 1.20 bits per heavy atom. The summed E-state index contributed by atoms with van der Waals surface area (Å²) in [6, 6.07) is 21.5. The number of carbonyl (C=O) groups is 3. The van der Waals surface area contributed by atoms with Crippen molar-refractivity contribution in [2.24, 2.45) is 11.8 Å². The molecule has 0 unspecified atom stereocenters. The number of anilines is 1.